The van der Waals surface area contributed by atoms with E-state index in [2.05, 4.69) is 9.97 Å². The first-order valence-corrected chi connectivity index (χ1v) is 9.33. The Balaban J connectivity index is 1.95. The standard InChI is InChI=1S/C20H16F3N5O3/c21-16-12(18(24)29)3-4-14(28(30)31)15(16)13-10-11-2-1-7-25-17(11)19(26-13)27-8-5-20(22,23)6-9-27/h1-4,7,10H,5-6,8-9H2,(H2,24,29). The first-order valence-electron chi connectivity index (χ1n) is 9.33. The number of halogens is 3. The number of amides is 1. The van der Waals surface area contributed by atoms with Crippen LogP contribution in [0.4, 0.5) is 24.7 Å². The molecule has 1 fully saturated rings. The van der Waals surface area contributed by atoms with Crippen molar-refractivity contribution in [1.29, 1.82) is 0 Å². The van der Waals surface area contributed by atoms with E-state index in [0.29, 0.717) is 10.9 Å². The lowest BCUT2D eigenvalue weighted by Crippen LogP contribution is -2.40. The van der Waals surface area contributed by atoms with Gasteiger partial charge in [-0.05, 0) is 18.2 Å². The summed E-state index contributed by atoms with van der Waals surface area (Å²) in [5, 5.41) is 12.0. The number of nitrogens with two attached hydrogens (primary N) is 1. The molecule has 3 heterocycles. The number of carbonyl (C=O) groups is 1. The first-order chi connectivity index (χ1) is 14.7. The fourth-order valence-electron chi connectivity index (χ4n) is 3.61. The zero-order valence-corrected chi connectivity index (χ0v) is 16.0. The highest BCUT2D eigenvalue weighted by molar-refractivity contribution is 5.97. The molecule has 0 radical (unpaired) electrons. The van der Waals surface area contributed by atoms with Gasteiger partial charge < -0.3 is 10.6 Å². The second-order valence-electron chi connectivity index (χ2n) is 7.19. The number of primary amides is 1. The van der Waals surface area contributed by atoms with Crippen LogP contribution in [-0.4, -0.2) is 39.8 Å². The minimum atomic E-state index is -2.79. The van der Waals surface area contributed by atoms with E-state index >= 15 is 4.39 Å². The zero-order chi connectivity index (χ0) is 22.3. The van der Waals surface area contributed by atoms with Crippen molar-refractivity contribution in [1.82, 2.24) is 9.97 Å². The molecule has 0 atom stereocenters. The Morgan fingerprint density at radius 2 is 1.94 bits per heavy atom. The number of hydrogen-bond donors (Lipinski definition) is 1. The van der Waals surface area contributed by atoms with Crippen molar-refractivity contribution < 1.29 is 22.9 Å². The van der Waals surface area contributed by atoms with Gasteiger partial charge in [-0.25, -0.2) is 18.2 Å². The van der Waals surface area contributed by atoms with Gasteiger partial charge in [0.25, 0.3) is 17.5 Å². The van der Waals surface area contributed by atoms with Crippen LogP contribution < -0.4 is 10.6 Å². The lowest BCUT2D eigenvalue weighted by atomic mass is 10.0. The van der Waals surface area contributed by atoms with Crippen LogP contribution in [0.1, 0.15) is 23.2 Å². The third-order valence-electron chi connectivity index (χ3n) is 5.20. The summed E-state index contributed by atoms with van der Waals surface area (Å²) in [6.07, 6.45) is 0.723. The van der Waals surface area contributed by atoms with Crippen LogP contribution in [0.2, 0.25) is 0 Å². The van der Waals surface area contributed by atoms with E-state index in [1.54, 1.807) is 17.0 Å². The van der Waals surface area contributed by atoms with Gasteiger partial charge in [-0.2, -0.15) is 0 Å². The summed E-state index contributed by atoms with van der Waals surface area (Å²) in [4.78, 5) is 32.5. The predicted molar refractivity (Wildman–Crippen MR) is 106 cm³/mol. The second kappa shape index (κ2) is 7.49. The highest BCUT2D eigenvalue weighted by Gasteiger charge is 2.35. The molecule has 4 rings (SSSR count). The average molecular weight is 431 g/mol. The Morgan fingerprint density at radius 3 is 2.58 bits per heavy atom. The summed E-state index contributed by atoms with van der Waals surface area (Å²) in [7, 11) is 0. The Morgan fingerprint density at radius 1 is 1.23 bits per heavy atom. The van der Waals surface area contributed by atoms with Gasteiger partial charge in [0, 0.05) is 43.6 Å². The third-order valence-corrected chi connectivity index (χ3v) is 5.20. The van der Waals surface area contributed by atoms with Crippen molar-refractivity contribution in [2.24, 2.45) is 5.73 Å². The highest BCUT2D eigenvalue weighted by Crippen LogP contribution is 2.38. The van der Waals surface area contributed by atoms with Crippen LogP contribution in [0.25, 0.3) is 22.2 Å². The van der Waals surface area contributed by atoms with Crippen LogP contribution in [0.5, 0.6) is 0 Å². The molecule has 1 amide bonds. The molecule has 160 valence electrons. The molecule has 1 saturated heterocycles. The van der Waals surface area contributed by atoms with Crippen LogP contribution in [0, 0.1) is 15.9 Å². The number of nitro benzene ring substituents is 1. The van der Waals surface area contributed by atoms with Gasteiger partial charge >= 0.3 is 0 Å². The molecule has 2 aromatic heterocycles. The summed E-state index contributed by atoms with van der Waals surface area (Å²) >= 11 is 0. The first kappa shape index (κ1) is 20.5. The number of pyridine rings is 2. The van der Waals surface area contributed by atoms with Gasteiger partial charge in [0.15, 0.2) is 11.6 Å². The summed E-state index contributed by atoms with van der Waals surface area (Å²) < 4.78 is 42.4. The molecule has 0 spiro atoms. The van der Waals surface area contributed by atoms with Crippen LogP contribution in [0.15, 0.2) is 36.5 Å². The van der Waals surface area contributed by atoms with Gasteiger partial charge in [-0.1, -0.05) is 6.07 Å². The number of nitro groups is 1. The SMILES string of the molecule is NC(=O)c1ccc([N+](=O)[O-])c(-c2cc3cccnc3c(N3CCC(F)(F)CC3)n2)c1F. The van der Waals surface area contributed by atoms with E-state index in [9.17, 15) is 23.7 Å². The lowest BCUT2D eigenvalue weighted by molar-refractivity contribution is -0.384. The van der Waals surface area contributed by atoms with Gasteiger partial charge in [0.1, 0.15) is 11.1 Å². The van der Waals surface area contributed by atoms with E-state index in [1.807, 2.05) is 0 Å². The molecule has 1 aliphatic rings. The van der Waals surface area contributed by atoms with E-state index in [-0.39, 0.29) is 37.4 Å². The van der Waals surface area contributed by atoms with E-state index in [1.165, 1.54) is 12.3 Å². The van der Waals surface area contributed by atoms with Gasteiger partial charge in [0.2, 0.25) is 0 Å². The normalized spacial score (nSPS) is 15.8. The van der Waals surface area contributed by atoms with Gasteiger partial charge in [-0.15, -0.1) is 0 Å². The maximum absolute atomic E-state index is 15.1. The number of nitrogens with zero attached hydrogens (tertiary/aromatic N) is 4. The Kier molecular flexibility index (Phi) is 4.96. The fraction of sp³-hybridized carbons (Fsp3) is 0.250. The number of fused-ring (bicyclic) bond motifs is 1. The summed E-state index contributed by atoms with van der Waals surface area (Å²) in [5.74, 6) is -4.84. The van der Waals surface area contributed by atoms with E-state index in [0.717, 1.165) is 12.1 Å². The Bertz CT molecular complexity index is 1210. The molecule has 11 heteroatoms. The van der Waals surface area contributed by atoms with Gasteiger partial charge in [0.05, 0.1) is 16.2 Å². The smallest absolute Gasteiger partial charge is 0.281 e. The van der Waals surface area contributed by atoms with Crippen LogP contribution in [0.3, 0.4) is 0 Å². The number of rotatable bonds is 4. The van der Waals surface area contributed by atoms with Crippen molar-refractivity contribution in [3.05, 3.63) is 58.0 Å². The molecule has 0 unspecified atom stereocenters. The summed E-state index contributed by atoms with van der Waals surface area (Å²) in [5.41, 5.74) is 3.83. The maximum Gasteiger partial charge on any atom is 0.281 e. The number of aromatic nitrogens is 2. The minimum Gasteiger partial charge on any atom is -0.366 e. The molecule has 31 heavy (non-hydrogen) atoms. The van der Waals surface area contributed by atoms with Crippen molar-refractivity contribution in [2.75, 3.05) is 18.0 Å². The monoisotopic (exact) mass is 431 g/mol. The van der Waals surface area contributed by atoms with Crippen LogP contribution in [-0.2, 0) is 0 Å². The minimum absolute atomic E-state index is 0.0129. The van der Waals surface area contributed by atoms with E-state index < -0.39 is 39.4 Å². The number of hydrogen-bond acceptors (Lipinski definition) is 6. The third kappa shape index (κ3) is 3.74. The molecule has 8 nitrogen and oxygen atoms in total. The molecule has 2 N–H and O–H groups in total. The summed E-state index contributed by atoms with van der Waals surface area (Å²) in [6.45, 7) is -0.0257. The predicted octanol–water partition coefficient (Wildman–Crippen LogP) is 3.68. The number of carbonyl (C=O) groups excluding carboxylic acids is 1. The van der Waals surface area contributed by atoms with Gasteiger partial charge in [-0.3, -0.25) is 19.9 Å². The topological polar surface area (TPSA) is 115 Å². The molecule has 3 aromatic rings. The fourth-order valence-corrected chi connectivity index (χ4v) is 3.61. The average Bonchev–Trinajstić information content (AvgIpc) is 2.72. The number of anilines is 1. The van der Waals surface area contributed by atoms with E-state index in [4.69, 9.17) is 5.73 Å². The maximum atomic E-state index is 15.1. The van der Waals surface area contributed by atoms with Crippen molar-refractivity contribution >= 4 is 28.3 Å². The number of piperidine rings is 1. The molecule has 0 aliphatic carbocycles. The van der Waals surface area contributed by atoms with Crippen molar-refractivity contribution in [3.63, 3.8) is 0 Å². The molecule has 0 bridgehead atoms. The van der Waals surface area contributed by atoms with Crippen molar-refractivity contribution in [2.45, 2.75) is 18.8 Å². The largest absolute Gasteiger partial charge is 0.366 e. The molecular weight excluding hydrogens is 415 g/mol. The Hall–Kier alpha value is -3.76. The summed E-state index contributed by atoms with van der Waals surface area (Å²) in [6, 6.07) is 6.59. The molecule has 1 aliphatic heterocycles. The molecular formula is C20H16F3N5O3. The quantitative estimate of drug-likeness (QED) is 0.498. The molecule has 1 aromatic carbocycles. The van der Waals surface area contributed by atoms with Crippen molar-refractivity contribution in [3.8, 4) is 11.3 Å². The lowest BCUT2D eigenvalue weighted by Gasteiger charge is -2.33. The van der Waals surface area contributed by atoms with Crippen LogP contribution >= 0.6 is 0 Å². The number of alkyl halides is 2. The zero-order valence-electron chi connectivity index (χ0n) is 16.0. The molecule has 0 saturated carbocycles. The highest BCUT2D eigenvalue weighted by atomic mass is 19.3. The number of benzene rings is 1. The Labute approximate surface area is 173 Å². The second-order valence-corrected chi connectivity index (χ2v) is 7.19.